The molecule has 2 heterocycles. The number of hydrogen-bond donors (Lipinski definition) is 2. The number of ether oxygens (including phenoxy) is 2. The number of nitrogens with zero attached hydrogens (tertiary/aromatic N) is 2. The highest BCUT2D eigenvalue weighted by molar-refractivity contribution is 8.00. The van der Waals surface area contributed by atoms with Crippen molar-refractivity contribution in [3.63, 3.8) is 0 Å². The molecule has 0 amide bonds. The molecule has 0 aliphatic carbocycles. The van der Waals surface area contributed by atoms with Crippen molar-refractivity contribution in [2.45, 2.75) is 25.9 Å². The summed E-state index contributed by atoms with van der Waals surface area (Å²) in [7, 11) is -2.38. The van der Waals surface area contributed by atoms with Gasteiger partial charge < -0.3 is 19.5 Å². The lowest BCUT2D eigenvalue weighted by molar-refractivity contribution is 0.0258. The van der Waals surface area contributed by atoms with Gasteiger partial charge in [0.1, 0.15) is 24.0 Å². The van der Waals surface area contributed by atoms with Crippen LogP contribution >= 0.6 is 0 Å². The number of para-hydroxylation sites is 2. The van der Waals surface area contributed by atoms with E-state index in [2.05, 4.69) is 25.9 Å². The highest BCUT2D eigenvalue weighted by Crippen LogP contribution is 2.33. The molecule has 1 unspecified atom stereocenters. The van der Waals surface area contributed by atoms with E-state index in [1.165, 1.54) is 6.33 Å². The first kappa shape index (κ1) is 20.4. The van der Waals surface area contributed by atoms with E-state index in [-0.39, 0.29) is 6.10 Å². The monoisotopic (exact) mass is 426 g/mol. The molecule has 0 radical (unpaired) electrons. The summed E-state index contributed by atoms with van der Waals surface area (Å²) >= 11 is 0. The number of anilines is 3. The molecular formula is C22H26N4O3S. The zero-order valence-corrected chi connectivity index (χ0v) is 18.0. The van der Waals surface area contributed by atoms with Crippen LogP contribution in [0.4, 0.5) is 17.2 Å². The average molecular weight is 427 g/mol. The molecule has 1 fully saturated rings. The Bertz CT molecular complexity index is 1160. The third-order valence-corrected chi connectivity index (χ3v) is 5.54. The van der Waals surface area contributed by atoms with E-state index in [0.717, 1.165) is 59.6 Å². The molecule has 1 atom stereocenters. The summed E-state index contributed by atoms with van der Waals surface area (Å²) in [6.45, 7) is 3.43. The van der Waals surface area contributed by atoms with E-state index in [1.807, 2.05) is 43.3 Å². The number of nitrogens with one attached hydrogen (secondary N) is 2. The molecule has 3 aromatic rings. The van der Waals surface area contributed by atoms with Crippen LogP contribution in [0.3, 0.4) is 0 Å². The lowest BCUT2D eigenvalue weighted by Gasteiger charge is -2.24. The average Bonchev–Trinajstić information content (AvgIpc) is 2.69. The van der Waals surface area contributed by atoms with Crippen molar-refractivity contribution in [1.29, 1.82) is 0 Å². The Morgan fingerprint density at radius 3 is 2.73 bits per heavy atom. The molecule has 2 N–H and O–H groups in total. The summed E-state index contributed by atoms with van der Waals surface area (Å²) in [6, 6.07) is 11.6. The van der Waals surface area contributed by atoms with Crippen LogP contribution in [-0.2, 0) is 14.4 Å². The van der Waals surface area contributed by atoms with Crippen LogP contribution in [0, 0.1) is 6.92 Å². The van der Waals surface area contributed by atoms with Crippen LogP contribution in [0.25, 0.3) is 10.9 Å². The molecule has 7 nitrogen and oxygen atoms in total. The largest absolute Gasteiger partial charge is 0.488 e. The van der Waals surface area contributed by atoms with Crippen LogP contribution in [0.5, 0.6) is 5.75 Å². The molecular weight excluding hydrogens is 400 g/mol. The fourth-order valence-electron chi connectivity index (χ4n) is 3.57. The van der Waals surface area contributed by atoms with Gasteiger partial charge in [-0.2, -0.15) is 0 Å². The van der Waals surface area contributed by atoms with E-state index in [4.69, 9.17) is 9.47 Å². The first-order valence-electron chi connectivity index (χ1n) is 9.85. The molecule has 0 spiro atoms. The van der Waals surface area contributed by atoms with Crippen molar-refractivity contribution in [2.75, 3.05) is 29.5 Å². The molecule has 1 aliphatic rings. The lowest BCUT2D eigenvalue weighted by atomic mass is 10.1. The van der Waals surface area contributed by atoms with Crippen molar-refractivity contribution < 1.29 is 13.7 Å². The van der Waals surface area contributed by atoms with Crippen molar-refractivity contribution in [3.8, 4) is 5.75 Å². The predicted molar refractivity (Wildman–Crippen MR) is 123 cm³/mol. The van der Waals surface area contributed by atoms with Gasteiger partial charge in [-0.15, -0.1) is 0 Å². The van der Waals surface area contributed by atoms with Gasteiger partial charge in [-0.3, -0.25) is 0 Å². The molecule has 1 saturated heterocycles. The summed E-state index contributed by atoms with van der Waals surface area (Å²) in [5, 5.41) is 4.32. The van der Waals surface area contributed by atoms with Gasteiger partial charge in [-0.1, -0.05) is 12.1 Å². The summed E-state index contributed by atoms with van der Waals surface area (Å²) in [5.41, 5.74) is 3.28. The van der Waals surface area contributed by atoms with Crippen molar-refractivity contribution >= 4 is 43.7 Å². The van der Waals surface area contributed by atoms with Crippen LogP contribution in [0.15, 0.2) is 42.7 Å². The minimum atomic E-state index is -2.38. The zero-order valence-electron chi connectivity index (χ0n) is 17.2. The normalized spacial score (nSPS) is 16.7. The topological polar surface area (TPSA) is 85.4 Å². The second-order valence-corrected chi connectivity index (χ2v) is 9.78. The number of benzene rings is 2. The minimum Gasteiger partial charge on any atom is -0.488 e. The van der Waals surface area contributed by atoms with E-state index in [9.17, 15) is 4.21 Å². The van der Waals surface area contributed by atoms with Crippen molar-refractivity contribution in [3.05, 3.63) is 48.3 Å². The molecule has 8 heteroatoms. The fourth-order valence-corrected chi connectivity index (χ4v) is 4.18. The van der Waals surface area contributed by atoms with Crippen molar-refractivity contribution in [2.24, 2.45) is 0 Å². The van der Waals surface area contributed by atoms with Gasteiger partial charge in [0.25, 0.3) is 0 Å². The quantitative estimate of drug-likeness (QED) is 0.581. The van der Waals surface area contributed by atoms with E-state index < -0.39 is 9.71 Å². The Hall–Kier alpha value is -2.84. The number of fused-ring (bicyclic) bond motifs is 1. The molecule has 1 aliphatic heterocycles. The van der Waals surface area contributed by atoms with Crippen molar-refractivity contribution in [1.82, 2.24) is 9.97 Å². The Balaban J connectivity index is 1.66. The Morgan fingerprint density at radius 2 is 1.97 bits per heavy atom. The maximum Gasteiger partial charge on any atom is 0.143 e. The number of rotatable bonds is 6. The molecule has 0 bridgehead atoms. The van der Waals surface area contributed by atoms with Gasteiger partial charge in [0.2, 0.25) is 0 Å². The van der Waals surface area contributed by atoms with E-state index >= 15 is 0 Å². The van der Waals surface area contributed by atoms with E-state index in [0.29, 0.717) is 5.82 Å². The second kappa shape index (κ2) is 8.49. The van der Waals surface area contributed by atoms with Crippen LogP contribution in [0.1, 0.15) is 18.4 Å². The van der Waals surface area contributed by atoms with Crippen LogP contribution in [0.2, 0.25) is 0 Å². The highest BCUT2D eigenvalue weighted by Gasteiger charge is 2.17. The smallest absolute Gasteiger partial charge is 0.143 e. The Morgan fingerprint density at radius 1 is 1.20 bits per heavy atom. The van der Waals surface area contributed by atoms with Crippen LogP contribution in [-0.4, -0.2) is 45.6 Å². The predicted octanol–water partition coefficient (Wildman–Crippen LogP) is 3.91. The highest BCUT2D eigenvalue weighted by atomic mass is 32.2. The third kappa shape index (κ3) is 4.83. The molecule has 0 saturated carbocycles. The molecule has 2 aromatic carbocycles. The second-order valence-electron chi connectivity index (χ2n) is 7.57. The third-order valence-electron chi connectivity index (χ3n) is 4.87. The summed E-state index contributed by atoms with van der Waals surface area (Å²) < 4.78 is 26.6. The standard InChI is InChI=1S/C22H26N4O3S/c1-15-12-16(26-30(2,3)27)13-19-21(15)22(24-14-23-19)25-18-6-4-5-7-20(18)29-17-8-10-28-11-9-17/h4-7,12-14,17H,2,8-11H2,1,3H3,(H,26,27)(H,23,24,25). The van der Waals surface area contributed by atoms with Gasteiger partial charge in [0.15, 0.2) is 0 Å². The number of hydrogen-bond acceptors (Lipinski definition) is 6. The zero-order chi connectivity index (χ0) is 21.1. The maximum atomic E-state index is 12.0. The number of aromatic nitrogens is 2. The van der Waals surface area contributed by atoms with Crippen LogP contribution < -0.4 is 14.8 Å². The molecule has 158 valence electrons. The number of aryl methyl sites for hydroxylation is 1. The van der Waals surface area contributed by atoms with Gasteiger partial charge in [0, 0.05) is 39.9 Å². The van der Waals surface area contributed by atoms with Gasteiger partial charge in [-0.25, -0.2) is 14.2 Å². The minimum absolute atomic E-state index is 0.144. The van der Waals surface area contributed by atoms with E-state index in [1.54, 1.807) is 6.26 Å². The SMILES string of the molecule is C=S(C)(=O)Nc1cc(C)c2c(Nc3ccccc3OC3CCOCC3)ncnc2c1. The molecule has 1 aromatic heterocycles. The fraction of sp³-hybridized carbons (Fsp3) is 0.318. The summed E-state index contributed by atoms with van der Waals surface area (Å²) in [5.74, 6) is 5.14. The molecule has 30 heavy (non-hydrogen) atoms. The van der Waals surface area contributed by atoms with Gasteiger partial charge >= 0.3 is 0 Å². The summed E-state index contributed by atoms with van der Waals surface area (Å²) in [6.07, 6.45) is 4.99. The first-order chi connectivity index (χ1) is 14.4. The lowest BCUT2D eigenvalue weighted by Crippen LogP contribution is -2.26. The molecule has 4 rings (SSSR count). The Kier molecular flexibility index (Phi) is 5.78. The Labute approximate surface area is 177 Å². The first-order valence-corrected chi connectivity index (χ1v) is 12.0. The van der Waals surface area contributed by atoms with Gasteiger partial charge in [0.05, 0.1) is 24.4 Å². The van der Waals surface area contributed by atoms with Gasteiger partial charge in [-0.05, 0) is 42.6 Å². The maximum absolute atomic E-state index is 12.0. The summed E-state index contributed by atoms with van der Waals surface area (Å²) in [4.78, 5) is 8.87.